The highest BCUT2D eigenvalue weighted by atomic mass is 16.5. The third-order valence-corrected chi connectivity index (χ3v) is 3.61. The average Bonchev–Trinajstić information content (AvgIpc) is 2.59. The molecule has 132 valence electrons. The van der Waals surface area contributed by atoms with Crippen LogP contribution in [0.15, 0.2) is 47.4 Å². The van der Waals surface area contributed by atoms with E-state index in [-0.39, 0.29) is 18.5 Å². The number of hydrogen-bond donors (Lipinski definition) is 3. The van der Waals surface area contributed by atoms with Gasteiger partial charge in [-0.3, -0.25) is 14.4 Å². The summed E-state index contributed by atoms with van der Waals surface area (Å²) < 4.78 is 5.35. The summed E-state index contributed by atoms with van der Waals surface area (Å²) in [7, 11) is 0. The Morgan fingerprint density at radius 3 is 2.56 bits per heavy atom. The zero-order valence-electron chi connectivity index (χ0n) is 13.8. The number of carbonyl (C=O) groups is 2. The second-order valence-corrected chi connectivity index (χ2v) is 5.47. The van der Waals surface area contributed by atoms with Crippen LogP contribution >= 0.6 is 0 Å². The molecule has 2 rings (SSSR count). The van der Waals surface area contributed by atoms with Gasteiger partial charge < -0.3 is 20.1 Å². The van der Waals surface area contributed by atoms with Gasteiger partial charge in [-0.2, -0.15) is 0 Å². The fourth-order valence-corrected chi connectivity index (χ4v) is 2.32. The molecule has 0 bridgehead atoms. The lowest BCUT2D eigenvalue weighted by Gasteiger charge is -2.14. The van der Waals surface area contributed by atoms with E-state index in [1.807, 2.05) is 6.92 Å². The van der Waals surface area contributed by atoms with Gasteiger partial charge in [0.1, 0.15) is 5.75 Å². The van der Waals surface area contributed by atoms with Crippen molar-refractivity contribution < 1.29 is 19.4 Å². The minimum Gasteiger partial charge on any atom is -0.494 e. The highest BCUT2D eigenvalue weighted by Gasteiger charge is 2.19. The first-order valence-electron chi connectivity index (χ1n) is 7.91. The highest BCUT2D eigenvalue weighted by molar-refractivity contribution is 5.94. The fraction of sp³-hybridized carbons (Fsp3) is 0.278. The van der Waals surface area contributed by atoms with Crippen LogP contribution in [0.5, 0.6) is 5.75 Å². The molecule has 0 aliphatic carbocycles. The van der Waals surface area contributed by atoms with Gasteiger partial charge in [0.2, 0.25) is 5.56 Å². The molecule has 0 fully saturated rings. The lowest BCUT2D eigenvalue weighted by atomic mass is 9.99. The maximum Gasteiger partial charge on any atom is 0.308 e. The third-order valence-electron chi connectivity index (χ3n) is 3.61. The molecule has 2 aromatic rings. The van der Waals surface area contributed by atoms with Crippen molar-refractivity contribution in [1.29, 1.82) is 0 Å². The number of carboxylic acids is 1. The van der Waals surface area contributed by atoms with Crippen molar-refractivity contribution in [2.75, 3.05) is 13.2 Å². The number of hydrogen-bond acceptors (Lipinski definition) is 4. The standard InChI is InChI=1S/C18H20N2O5/c1-2-25-15-5-3-12(4-6-15)9-14(18(23)24)11-20-17(22)13-7-8-19-16(21)10-13/h3-8,10,14H,2,9,11H2,1H3,(H,19,21)(H,20,22)(H,23,24). The topological polar surface area (TPSA) is 108 Å². The van der Waals surface area contributed by atoms with E-state index in [9.17, 15) is 19.5 Å². The Bertz CT molecular complexity index is 783. The van der Waals surface area contributed by atoms with E-state index in [0.29, 0.717) is 6.61 Å². The van der Waals surface area contributed by atoms with Gasteiger partial charge in [-0.15, -0.1) is 0 Å². The molecule has 0 radical (unpaired) electrons. The van der Waals surface area contributed by atoms with Crippen LogP contribution in [0, 0.1) is 5.92 Å². The largest absolute Gasteiger partial charge is 0.494 e. The van der Waals surface area contributed by atoms with E-state index >= 15 is 0 Å². The van der Waals surface area contributed by atoms with Gasteiger partial charge in [0.25, 0.3) is 5.91 Å². The molecule has 0 aliphatic rings. The molecule has 0 spiro atoms. The lowest BCUT2D eigenvalue weighted by Crippen LogP contribution is -2.34. The molecule has 0 saturated carbocycles. The Labute approximate surface area is 144 Å². The Hall–Kier alpha value is -3.09. The Balaban J connectivity index is 1.97. The number of aromatic amines is 1. The van der Waals surface area contributed by atoms with E-state index < -0.39 is 23.4 Å². The molecule has 25 heavy (non-hydrogen) atoms. The summed E-state index contributed by atoms with van der Waals surface area (Å²) in [5.41, 5.74) is 0.632. The van der Waals surface area contributed by atoms with Crippen LogP contribution in [0.1, 0.15) is 22.8 Å². The summed E-state index contributed by atoms with van der Waals surface area (Å²) in [4.78, 5) is 37.1. The minimum atomic E-state index is -1.000. The lowest BCUT2D eigenvalue weighted by molar-refractivity contribution is -0.141. The molecule has 3 N–H and O–H groups in total. The molecule has 0 saturated heterocycles. The van der Waals surface area contributed by atoms with Crippen molar-refractivity contribution in [2.45, 2.75) is 13.3 Å². The van der Waals surface area contributed by atoms with Crippen molar-refractivity contribution in [3.05, 3.63) is 64.1 Å². The van der Waals surface area contributed by atoms with E-state index in [2.05, 4.69) is 10.3 Å². The number of aromatic nitrogens is 1. The van der Waals surface area contributed by atoms with Crippen LogP contribution in [0.4, 0.5) is 0 Å². The first-order valence-corrected chi connectivity index (χ1v) is 7.91. The number of nitrogens with one attached hydrogen (secondary N) is 2. The van der Waals surface area contributed by atoms with Gasteiger partial charge in [-0.1, -0.05) is 12.1 Å². The zero-order valence-corrected chi connectivity index (χ0v) is 13.8. The fourth-order valence-electron chi connectivity index (χ4n) is 2.32. The van der Waals surface area contributed by atoms with E-state index in [1.165, 1.54) is 12.3 Å². The van der Waals surface area contributed by atoms with Gasteiger partial charge in [-0.05, 0) is 37.1 Å². The number of carboxylic acid groups (broad SMARTS) is 1. The number of amides is 1. The Kier molecular flexibility index (Phi) is 6.33. The number of pyridine rings is 1. The van der Waals surface area contributed by atoms with E-state index in [1.54, 1.807) is 24.3 Å². The molecule has 1 heterocycles. The van der Waals surface area contributed by atoms with Crippen molar-refractivity contribution in [3.63, 3.8) is 0 Å². The average molecular weight is 344 g/mol. The SMILES string of the molecule is CCOc1ccc(CC(CNC(=O)c2cc[nH]c(=O)c2)C(=O)O)cc1. The van der Waals surface area contributed by atoms with Crippen LogP contribution in [-0.2, 0) is 11.2 Å². The predicted molar refractivity (Wildman–Crippen MR) is 91.8 cm³/mol. The number of rotatable bonds is 8. The number of aliphatic carboxylic acids is 1. The van der Waals surface area contributed by atoms with Crippen LogP contribution in [0.3, 0.4) is 0 Å². The Morgan fingerprint density at radius 1 is 1.24 bits per heavy atom. The van der Waals surface area contributed by atoms with E-state index in [0.717, 1.165) is 17.4 Å². The first kappa shape index (κ1) is 18.3. The quantitative estimate of drug-likeness (QED) is 0.671. The van der Waals surface area contributed by atoms with Crippen molar-refractivity contribution in [2.24, 2.45) is 5.92 Å². The molecular formula is C18H20N2O5. The Morgan fingerprint density at radius 2 is 1.96 bits per heavy atom. The highest BCUT2D eigenvalue weighted by Crippen LogP contribution is 2.15. The van der Waals surface area contributed by atoms with Gasteiger partial charge in [0, 0.05) is 24.4 Å². The summed E-state index contributed by atoms with van der Waals surface area (Å²) >= 11 is 0. The third kappa shape index (κ3) is 5.49. The monoisotopic (exact) mass is 344 g/mol. The van der Waals surface area contributed by atoms with Crippen LogP contribution in [0.25, 0.3) is 0 Å². The second kappa shape index (κ2) is 8.68. The van der Waals surface area contributed by atoms with Crippen LogP contribution in [0.2, 0.25) is 0 Å². The molecule has 1 amide bonds. The van der Waals surface area contributed by atoms with Gasteiger partial charge in [0.05, 0.1) is 12.5 Å². The molecule has 7 nitrogen and oxygen atoms in total. The van der Waals surface area contributed by atoms with Crippen LogP contribution in [-0.4, -0.2) is 35.1 Å². The zero-order chi connectivity index (χ0) is 18.2. The normalized spacial score (nSPS) is 11.6. The van der Waals surface area contributed by atoms with Gasteiger partial charge in [-0.25, -0.2) is 0 Å². The smallest absolute Gasteiger partial charge is 0.308 e. The van der Waals surface area contributed by atoms with Gasteiger partial charge >= 0.3 is 5.97 Å². The van der Waals surface area contributed by atoms with Crippen molar-refractivity contribution in [1.82, 2.24) is 10.3 Å². The van der Waals surface area contributed by atoms with Crippen LogP contribution < -0.4 is 15.6 Å². The summed E-state index contributed by atoms with van der Waals surface area (Å²) in [6, 6.07) is 9.80. The molecule has 1 aromatic carbocycles. The van der Waals surface area contributed by atoms with Crippen molar-refractivity contribution in [3.8, 4) is 5.75 Å². The molecule has 7 heteroatoms. The maximum absolute atomic E-state index is 12.0. The summed E-state index contributed by atoms with van der Waals surface area (Å²) in [6.07, 6.45) is 1.64. The number of carbonyl (C=O) groups excluding carboxylic acids is 1. The number of ether oxygens (including phenoxy) is 1. The number of H-pyrrole nitrogens is 1. The first-order chi connectivity index (χ1) is 12.0. The molecule has 1 aromatic heterocycles. The maximum atomic E-state index is 12.0. The van der Waals surface area contributed by atoms with E-state index in [4.69, 9.17) is 4.74 Å². The van der Waals surface area contributed by atoms with Crippen molar-refractivity contribution >= 4 is 11.9 Å². The predicted octanol–water partition coefficient (Wildman–Crippen LogP) is 1.45. The molecular weight excluding hydrogens is 324 g/mol. The minimum absolute atomic E-state index is 0.0336. The molecule has 0 aliphatic heterocycles. The van der Waals surface area contributed by atoms with Gasteiger partial charge in [0.15, 0.2) is 0 Å². The second-order valence-electron chi connectivity index (χ2n) is 5.47. The summed E-state index contributed by atoms with van der Waals surface area (Å²) in [5, 5.41) is 11.9. The molecule has 1 unspecified atom stereocenters. The number of benzene rings is 1. The molecule has 1 atom stereocenters. The summed E-state index contributed by atoms with van der Waals surface area (Å²) in [5.74, 6) is -1.53. The summed E-state index contributed by atoms with van der Waals surface area (Å²) in [6.45, 7) is 2.41.